The monoisotopic (exact) mass is 332 g/mol. The van der Waals surface area contributed by atoms with E-state index in [0.717, 1.165) is 6.42 Å². The molecule has 0 saturated carbocycles. The third-order valence-corrected chi connectivity index (χ3v) is 5.27. The minimum atomic E-state index is -3.82. The Hall–Kier alpha value is -2.34. The van der Waals surface area contributed by atoms with Gasteiger partial charge in [-0.25, -0.2) is 8.42 Å². The molecule has 1 amide bonds. The molecule has 0 saturated heterocycles. The standard InChI is InChI=1S/C17H20N2O3S/c1-3-13-18-17(20)15-11-7-8-12-16(15)23(21,22)19(2)14-9-5-4-6-10-14/h4-12H,3,13H2,1-2H3,(H,18,20). The Kier molecular flexibility index (Phi) is 5.39. The van der Waals surface area contributed by atoms with E-state index in [2.05, 4.69) is 5.32 Å². The van der Waals surface area contributed by atoms with E-state index in [1.165, 1.54) is 23.5 Å². The maximum absolute atomic E-state index is 12.9. The molecule has 0 aliphatic heterocycles. The third kappa shape index (κ3) is 3.71. The van der Waals surface area contributed by atoms with Gasteiger partial charge in [0.05, 0.1) is 11.3 Å². The number of para-hydroxylation sites is 1. The van der Waals surface area contributed by atoms with Crippen molar-refractivity contribution in [3.05, 3.63) is 60.2 Å². The molecule has 0 bridgehead atoms. The molecule has 0 aromatic heterocycles. The van der Waals surface area contributed by atoms with Gasteiger partial charge in [0.2, 0.25) is 0 Å². The largest absolute Gasteiger partial charge is 0.352 e. The molecular formula is C17H20N2O3S. The van der Waals surface area contributed by atoms with Crippen molar-refractivity contribution in [1.82, 2.24) is 5.32 Å². The predicted molar refractivity (Wildman–Crippen MR) is 91.1 cm³/mol. The van der Waals surface area contributed by atoms with E-state index in [1.54, 1.807) is 36.4 Å². The molecule has 2 aromatic carbocycles. The van der Waals surface area contributed by atoms with Crippen LogP contribution in [0.3, 0.4) is 0 Å². The van der Waals surface area contributed by atoms with E-state index in [4.69, 9.17) is 0 Å². The molecule has 0 fully saturated rings. The van der Waals surface area contributed by atoms with Gasteiger partial charge in [0.25, 0.3) is 15.9 Å². The summed E-state index contributed by atoms with van der Waals surface area (Å²) in [6.45, 7) is 2.44. The van der Waals surface area contributed by atoms with Crippen molar-refractivity contribution in [3.63, 3.8) is 0 Å². The number of anilines is 1. The molecule has 0 aliphatic carbocycles. The van der Waals surface area contributed by atoms with Gasteiger partial charge < -0.3 is 5.32 Å². The van der Waals surface area contributed by atoms with Crippen LogP contribution in [0.1, 0.15) is 23.7 Å². The average molecular weight is 332 g/mol. The highest BCUT2D eigenvalue weighted by atomic mass is 32.2. The highest BCUT2D eigenvalue weighted by Gasteiger charge is 2.26. The van der Waals surface area contributed by atoms with Crippen molar-refractivity contribution in [3.8, 4) is 0 Å². The van der Waals surface area contributed by atoms with Crippen molar-refractivity contribution in [2.75, 3.05) is 17.9 Å². The predicted octanol–water partition coefficient (Wildman–Crippen LogP) is 2.65. The van der Waals surface area contributed by atoms with E-state index in [-0.39, 0.29) is 16.4 Å². The molecule has 2 rings (SSSR count). The summed E-state index contributed by atoms with van der Waals surface area (Å²) >= 11 is 0. The van der Waals surface area contributed by atoms with Crippen LogP contribution in [0, 0.1) is 0 Å². The number of nitrogens with zero attached hydrogens (tertiary/aromatic N) is 1. The van der Waals surface area contributed by atoms with Gasteiger partial charge in [-0.05, 0) is 30.7 Å². The first-order valence-corrected chi connectivity index (χ1v) is 8.83. The molecule has 2 aromatic rings. The summed E-state index contributed by atoms with van der Waals surface area (Å²) in [6, 6.07) is 15.0. The minimum absolute atomic E-state index is 0.0000406. The van der Waals surface area contributed by atoms with E-state index < -0.39 is 10.0 Å². The second-order valence-corrected chi connectivity index (χ2v) is 7.00. The van der Waals surface area contributed by atoms with Gasteiger partial charge in [-0.1, -0.05) is 37.3 Å². The SMILES string of the molecule is CCCNC(=O)c1ccccc1S(=O)(=O)N(C)c1ccccc1. The van der Waals surface area contributed by atoms with Crippen LogP contribution < -0.4 is 9.62 Å². The van der Waals surface area contributed by atoms with Gasteiger partial charge in [0.15, 0.2) is 0 Å². The summed E-state index contributed by atoms with van der Waals surface area (Å²) < 4.78 is 26.9. The molecule has 5 nitrogen and oxygen atoms in total. The van der Waals surface area contributed by atoms with Crippen molar-refractivity contribution in [2.24, 2.45) is 0 Å². The number of benzene rings is 2. The molecule has 0 spiro atoms. The van der Waals surface area contributed by atoms with Gasteiger partial charge in [0, 0.05) is 13.6 Å². The zero-order valence-corrected chi connectivity index (χ0v) is 14.0. The van der Waals surface area contributed by atoms with Crippen LogP contribution in [-0.2, 0) is 10.0 Å². The maximum Gasteiger partial charge on any atom is 0.264 e. The zero-order valence-electron chi connectivity index (χ0n) is 13.2. The Morgan fingerprint density at radius 2 is 1.65 bits per heavy atom. The number of hydrogen-bond donors (Lipinski definition) is 1. The molecule has 0 atom stereocenters. The Morgan fingerprint density at radius 1 is 1.04 bits per heavy atom. The molecule has 0 aliphatic rings. The van der Waals surface area contributed by atoms with Gasteiger partial charge in [-0.15, -0.1) is 0 Å². The van der Waals surface area contributed by atoms with Crippen molar-refractivity contribution in [2.45, 2.75) is 18.2 Å². The number of carbonyl (C=O) groups excluding carboxylic acids is 1. The minimum Gasteiger partial charge on any atom is -0.352 e. The molecule has 0 radical (unpaired) electrons. The summed E-state index contributed by atoms with van der Waals surface area (Å²) in [5.74, 6) is -0.382. The lowest BCUT2D eigenvalue weighted by atomic mass is 10.2. The van der Waals surface area contributed by atoms with Crippen molar-refractivity contribution >= 4 is 21.6 Å². The van der Waals surface area contributed by atoms with Crippen molar-refractivity contribution in [1.29, 1.82) is 0 Å². The number of carbonyl (C=O) groups is 1. The lowest BCUT2D eigenvalue weighted by Gasteiger charge is -2.21. The maximum atomic E-state index is 12.9. The number of amides is 1. The fourth-order valence-corrected chi connectivity index (χ4v) is 3.52. The van der Waals surface area contributed by atoms with E-state index in [9.17, 15) is 13.2 Å². The number of hydrogen-bond acceptors (Lipinski definition) is 3. The van der Waals surface area contributed by atoms with Gasteiger partial charge in [0.1, 0.15) is 4.90 Å². The van der Waals surface area contributed by atoms with Crippen LogP contribution in [0.15, 0.2) is 59.5 Å². The van der Waals surface area contributed by atoms with Crippen LogP contribution in [0.2, 0.25) is 0 Å². The topological polar surface area (TPSA) is 66.5 Å². The van der Waals surface area contributed by atoms with Crippen molar-refractivity contribution < 1.29 is 13.2 Å². The van der Waals surface area contributed by atoms with Crippen LogP contribution >= 0.6 is 0 Å². The summed E-state index contributed by atoms with van der Waals surface area (Å²) in [5.41, 5.74) is 0.694. The fraction of sp³-hybridized carbons (Fsp3) is 0.235. The van der Waals surface area contributed by atoms with E-state index in [1.807, 2.05) is 13.0 Å². The highest BCUT2D eigenvalue weighted by Crippen LogP contribution is 2.24. The molecular weight excluding hydrogens is 312 g/mol. The Morgan fingerprint density at radius 3 is 2.30 bits per heavy atom. The number of nitrogens with one attached hydrogen (secondary N) is 1. The summed E-state index contributed by atoms with van der Waals surface area (Å²) in [6.07, 6.45) is 0.782. The molecule has 6 heteroatoms. The lowest BCUT2D eigenvalue weighted by Crippen LogP contribution is -2.31. The Bertz CT molecular complexity index is 773. The smallest absolute Gasteiger partial charge is 0.264 e. The molecule has 23 heavy (non-hydrogen) atoms. The number of rotatable bonds is 6. The van der Waals surface area contributed by atoms with E-state index >= 15 is 0 Å². The van der Waals surface area contributed by atoms with Gasteiger partial charge >= 0.3 is 0 Å². The van der Waals surface area contributed by atoms with Gasteiger partial charge in [-0.3, -0.25) is 9.10 Å². The van der Waals surface area contributed by atoms with E-state index in [0.29, 0.717) is 12.2 Å². The fourth-order valence-electron chi connectivity index (χ4n) is 2.14. The van der Waals surface area contributed by atoms with Crippen LogP contribution in [-0.4, -0.2) is 27.9 Å². The first-order valence-electron chi connectivity index (χ1n) is 7.39. The van der Waals surface area contributed by atoms with Crippen LogP contribution in [0.25, 0.3) is 0 Å². The first-order chi connectivity index (χ1) is 11.0. The normalized spacial score (nSPS) is 11.0. The Labute approximate surface area is 137 Å². The van der Waals surface area contributed by atoms with Gasteiger partial charge in [-0.2, -0.15) is 0 Å². The number of sulfonamides is 1. The lowest BCUT2D eigenvalue weighted by molar-refractivity contribution is 0.0950. The zero-order chi connectivity index (χ0) is 16.9. The summed E-state index contributed by atoms with van der Waals surface area (Å²) in [7, 11) is -2.34. The summed E-state index contributed by atoms with van der Waals surface area (Å²) in [5, 5.41) is 2.72. The molecule has 0 unspecified atom stereocenters. The second-order valence-electron chi connectivity index (χ2n) is 5.06. The molecule has 0 heterocycles. The third-order valence-electron chi connectivity index (χ3n) is 3.43. The Balaban J connectivity index is 2.43. The quantitative estimate of drug-likeness (QED) is 0.884. The molecule has 122 valence electrons. The summed E-state index contributed by atoms with van der Waals surface area (Å²) in [4.78, 5) is 12.2. The second kappa shape index (κ2) is 7.28. The molecule has 1 N–H and O–H groups in total. The first kappa shape index (κ1) is 17.0. The highest BCUT2D eigenvalue weighted by molar-refractivity contribution is 7.92. The van der Waals surface area contributed by atoms with Crippen LogP contribution in [0.4, 0.5) is 5.69 Å². The average Bonchev–Trinajstić information content (AvgIpc) is 2.59. The van der Waals surface area contributed by atoms with Crippen LogP contribution in [0.5, 0.6) is 0 Å².